The molecule has 0 aromatic carbocycles. The summed E-state index contributed by atoms with van der Waals surface area (Å²) < 4.78 is 2.11. The molecular formula is C17H30IN5O. The van der Waals surface area contributed by atoms with E-state index in [1.165, 1.54) is 6.42 Å². The van der Waals surface area contributed by atoms with E-state index in [9.17, 15) is 4.79 Å². The van der Waals surface area contributed by atoms with E-state index >= 15 is 0 Å². The first-order valence-electron chi connectivity index (χ1n) is 8.52. The Balaban J connectivity index is 0.00000288. The number of amides is 1. The van der Waals surface area contributed by atoms with Gasteiger partial charge in [-0.1, -0.05) is 6.92 Å². The van der Waals surface area contributed by atoms with Gasteiger partial charge in [-0.3, -0.25) is 9.79 Å². The maximum Gasteiger partial charge on any atom is 0.224 e. The number of hydrogen-bond acceptors (Lipinski definition) is 2. The van der Waals surface area contributed by atoms with E-state index in [1.54, 1.807) is 7.05 Å². The van der Waals surface area contributed by atoms with Crippen LogP contribution in [0.25, 0.3) is 0 Å². The van der Waals surface area contributed by atoms with Crippen LogP contribution in [-0.2, 0) is 11.3 Å². The van der Waals surface area contributed by atoms with Crippen molar-refractivity contribution < 1.29 is 4.79 Å². The molecule has 0 spiro atoms. The number of likely N-dealkylation sites (tertiary alicyclic amines) is 1. The van der Waals surface area contributed by atoms with Gasteiger partial charge in [0.2, 0.25) is 5.91 Å². The summed E-state index contributed by atoms with van der Waals surface area (Å²) in [5, 5.41) is 6.47. The third-order valence-corrected chi connectivity index (χ3v) is 4.19. The normalized spacial score (nSPS) is 18.0. The summed E-state index contributed by atoms with van der Waals surface area (Å²) in [6.07, 6.45) is 6.96. The topological polar surface area (TPSA) is 61.7 Å². The summed E-state index contributed by atoms with van der Waals surface area (Å²) in [6.45, 7) is 6.33. The Bertz CT molecular complexity index is 503. The molecule has 6 nitrogen and oxygen atoms in total. The Kier molecular flexibility index (Phi) is 9.82. The number of nitrogens with one attached hydrogen (secondary N) is 2. The van der Waals surface area contributed by atoms with Crippen LogP contribution in [0.5, 0.6) is 0 Å². The van der Waals surface area contributed by atoms with Gasteiger partial charge in [0.15, 0.2) is 5.96 Å². The highest BCUT2D eigenvalue weighted by Crippen LogP contribution is 2.15. The first-order chi connectivity index (χ1) is 11.2. The maximum absolute atomic E-state index is 12.2. The van der Waals surface area contributed by atoms with Crippen molar-refractivity contribution in [2.75, 3.05) is 33.2 Å². The summed E-state index contributed by atoms with van der Waals surface area (Å²) in [5.74, 6) is 1.62. The Morgan fingerprint density at radius 2 is 1.96 bits per heavy atom. The molecule has 0 bridgehead atoms. The SMILES string of the molecule is CN=C(NCCC(=O)N1CCCC(C)C1)NCCn1cccc1.I. The zero-order valence-corrected chi connectivity index (χ0v) is 17.0. The molecule has 1 aromatic heterocycles. The summed E-state index contributed by atoms with van der Waals surface area (Å²) in [7, 11) is 1.75. The highest BCUT2D eigenvalue weighted by atomic mass is 127. The molecule has 136 valence electrons. The molecule has 7 heteroatoms. The average Bonchev–Trinajstić information content (AvgIpc) is 3.06. The van der Waals surface area contributed by atoms with Gasteiger partial charge in [-0.2, -0.15) is 0 Å². The van der Waals surface area contributed by atoms with Crippen molar-refractivity contribution in [3.05, 3.63) is 24.5 Å². The maximum atomic E-state index is 12.2. The highest BCUT2D eigenvalue weighted by Gasteiger charge is 2.20. The quantitative estimate of drug-likeness (QED) is 0.398. The minimum atomic E-state index is 0. The lowest BCUT2D eigenvalue weighted by Crippen LogP contribution is -2.43. The summed E-state index contributed by atoms with van der Waals surface area (Å²) >= 11 is 0. The van der Waals surface area contributed by atoms with Crippen LogP contribution >= 0.6 is 24.0 Å². The zero-order chi connectivity index (χ0) is 16.5. The van der Waals surface area contributed by atoms with Gasteiger partial charge < -0.3 is 20.1 Å². The lowest BCUT2D eigenvalue weighted by Gasteiger charge is -2.31. The first-order valence-corrected chi connectivity index (χ1v) is 8.52. The van der Waals surface area contributed by atoms with Crippen LogP contribution in [0.2, 0.25) is 0 Å². The predicted octanol–water partition coefficient (Wildman–Crippen LogP) is 1.92. The fourth-order valence-electron chi connectivity index (χ4n) is 2.91. The number of rotatable bonds is 6. The number of nitrogens with zero attached hydrogens (tertiary/aromatic N) is 3. The van der Waals surface area contributed by atoms with E-state index in [-0.39, 0.29) is 29.9 Å². The number of carbonyl (C=O) groups is 1. The van der Waals surface area contributed by atoms with Crippen LogP contribution in [0, 0.1) is 5.92 Å². The Labute approximate surface area is 162 Å². The lowest BCUT2D eigenvalue weighted by atomic mass is 10.00. The fraction of sp³-hybridized carbons (Fsp3) is 0.647. The van der Waals surface area contributed by atoms with Crippen LogP contribution in [0.4, 0.5) is 0 Å². The van der Waals surface area contributed by atoms with Crippen LogP contribution in [-0.4, -0.2) is 54.6 Å². The molecule has 1 amide bonds. The van der Waals surface area contributed by atoms with Crippen molar-refractivity contribution in [1.29, 1.82) is 0 Å². The van der Waals surface area contributed by atoms with Gasteiger partial charge in [-0.25, -0.2) is 0 Å². The third-order valence-electron chi connectivity index (χ3n) is 4.19. The molecular weight excluding hydrogens is 417 g/mol. The molecule has 0 saturated carbocycles. The summed E-state index contributed by atoms with van der Waals surface area (Å²) in [4.78, 5) is 18.4. The number of aromatic nitrogens is 1. The van der Waals surface area contributed by atoms with Gasteiger partial charge in [-0.15, -0.1) is 24.0 Å². The molecule has 0 aliphatic carbocycles. The van der Waals surface area contributed by atoms with Crippen molar-refractivity contribution in [3.63, 3.8) is 0 Å². The second-order valence-electron chi connectivity index (χ2n) is 6.18. The van der Waals surface area contributed by atoms with Gasteiger partial charge in [-0.05, 0) is 30.9 Å². The average molecular weight is 447 g/mol. The van der Waals surface area contributed by atoms with Gasteiger partial charge in [0.25, 0.3) is 0 Å². The van der Waals surface area contributed by atoms with Crippen LogP contribution in [0.15, 0.2) is 29.5 Å². The molecule has 1 atom stereocenters. The molecule has 2 rings (SSSR count). The number of halogens is 1. The third kappa shape index (κ3) is 7.11. The van der Waals surface area contributed by atoms with E-state index < -0.39 is 0 Å². The van der Waals surface area contributed by atoms with Gasteiger partial charge >= 0.3 is 0 Å². The van der Waals surface area contributed by atoms with E-state index in [4.69, 9.17) is 0 Å². The minimum Gasteiger partial charge on any atom is -0.356 e. The number of carbonyl (C=O) groups excluding carboxylic acids is 1. The molecule has 1 fully saturated rings. The second-order valence-corrected chi connectivity index (χ2v) is 6.18. The molecule has 0 radical (unpaired) electrons. The van der Waals surface area contributed by atoms with E-state index in [2.05, 4.69) is 27.1 Å². The Morgan fingerprint density at radius 3 is 2.62 bits per heavy atom. The largest absolute Gasteiger partial charge is 0.356 e. The molecule has 1 aliphatic rings. The zero-order valence-electron chi connectivity index (χ0n) is 14.7. The molecule has 1 aliphatic heterocycles. The standard InChI is InChI=1S/C17H29N5O.HI/c1-15-6-5-12-22(14-15)16(23)7-8-19-17(18-2)20-9-13-21-10-3-4-11-21;/h3-4,10-11,15H,5-9,12-14H2,1-2H3,(H2,18,19,20);1H. The van der Waals surface area contributed by atoms with Crippen LogP contribution in [0.3, 0.4) is 0 Å². The Morgan fingerprint density at radius 1 is 1.25 bits per heavy atom. The first kappa shape index (κ1) is 20.8. The predicted molar refractivity (Wildman–Crippen MR) is 109 cm³/mol. The lowest BCUT2D eigenvalue weighted by molar-refractivity contribution is -0.132. The molecule has 1 aromatic rings. The number of piperidine rings is 1. The molecule has 1 unspecified atom stereocenters. The Hall–Kier alpha value is -1.25. The molecule has 24 heavy (non-hydrogen) atoms. The number of hydrogen-bond donors (Lipinski definition) is 2. The fourth-order valence-corrected chi connectivity index (χ4v) is 2.91. The van der Waals surface area contributed by atoms with E-state index in [1.807, 2.05) is 29.4 Å². The second kappa shape index (κ2) is 11.3. The van der Waals surface area contributed by atoms with Gasteiger partial charge in [0.05, 0.1) is 0 Å². The van der Waals surface area contributed by atoms with Crippen molar-refractivity contribution in [2.24, 2.45) is 10.9 Å². The summed E-state index contributed by atoms with van der Waals surface area (Å²) in [6, 6.07) is 4.03. The highest BCUT2D eigenvalue weighted by molar-refractivity contribution is 14.0. The summed E-state index contributed by atoms with van der Waals surface area (Å²) in [5.41, 5.74) is 0. The number of aliphatic imine (C=N–C) groups is 1. The van der Waals surface area contributed by atoms with Crippen molar-refractivity contribution in [3.8, 4) is 0 Å². The monoisotopic (exact) mass is 447 g/mol. The van der Waals surface area contributed by atoms with Crippen LogP contribution < -0.4 is 10.6 Å². The minimum absolute atomic E-state index is 0. The van der Waals surface area contributed by atoms with E-state index in [0.717, 1.165) is 38.6 Å². The van der Waals surface area contributed by atoms with Crippen molar-refractivity contribution in [2.45, 2.75) is 32.7 Å². The molecule has 1 saturated heterocycles. The molecule has 2 heterocycles. The van der Waals surface area contributed by atoms with Crippen LogP contribution in [0.1, 0.15) is 26.2 Å². The number of guanidine groups is 1. The van der Waals surface area contributed by atoms with Crippen molar-refractivity contribution in [1.82, 2.24) is 20.1 Å². The van der Waals surface area contributed by atoms with Gasteiger partial charge in [0, 0.05) is 58.6 Å². The molecule has 2 N–H and O–H groups in total. The van der Waals surface area contributed by atoms with Gasteiger partial charge in [0.1, 0.15) is 0 Å². The van der Waals surface area contributed by atoms with E-state index in [0.29, 0.717) is 18.9 Å². The smallest absolute Gasteiger partial charge is 0.224 e. The van der Waals surface area contributed by atoms with Crippen molar-refractivity contribution >= 4 is 35.8 Å².